The van der Waals surface area contributed by atoms with Crippen molar-refractivity contribution in [2.24, 2.45) is 0 Å². The van der Waals surface area contributed by atoms with Crippen LogP contribution in [0, 0.1) is 23.3 Å². The number of nitrogens with zero attached hydrogens (tertiary/aromatic N) is 2. The maximum absolute atomic E-state index is 16.2. The van der Waals surface area contributed by atoms with Crippen LogP contribution in [0.1, 0.15) is 43.0 Å². The summed E-state index contributed by atoms with van der Waals surface area (Å²) in [5.41, 5.74) is -0.0829. The second-order valence-electron chi connectivity index (χ2n) is 10.3. The number of carbonyl (C=O) groups excluding carboxylic acids is 2. The summed E-state index contributed by atoms with van der Waals surface area (Å²) in [5, 5.41) is 0. The van der Waals surface area contributed by atoms with E-state index in [-0.39, 0.29) is 26.2 Å². The predicted molar refractivity (Wildman–Crippen MR) is 159 cm³/mol. The van der Waals surface area contributed by atoms with Gasteiger partial charge in [0.1, 0.15) is 11.1 Å². The second-order valence-corrected chi connectivity index (χ2v) is 10.3. The van der Waals surface area contributed by atoms with Crippen LogP contribution < -0.4 is 0 Å². The summed E-state index contributed by atoms with van der Waals surface area (Å²) in [6.07, 6.45) is 0. The van der Waals surface area contributed by atoms with Gasteiger partial charge in [-0.25, -0.2) is 17.6 Å². The van der Waals surface area contributed by atoms with E-state index in [2.05, 4.69) is 0 Å². The molecule has 5 rings (SSSR count). The third-order valence-electron chi connectivity index (χ3n) is 7.13. The standard InChI is InChI=1S/C36H28F4N2O2/c37-31-29(35(43)41(21-25-13-5-1-6-14-25)22-26-15-7-2-8-16-26)32(38)34(40)33(39)30(31)36(44)42(23-27-17-9-3-10-18-27)24-28-19-11-4-12-20-28/h1-20H,21-24H2. The van der Waals surface area contributed by atoms with Gasteiger partial charge in [-0.2, -0.15) is 0 Å². The highest BCUT2D eigenvalue weighted by molar-refractivity contribution is 6.00. The topological polar surface area (TPSA) is 40.6 Å². The zero-order chi connectivity index (χ0) is 31.1. The molecule has 2 amide bonds. The molecule has 5 aromatic rings. The smallest absolute Gasteiger partial charge is 0.260 e. The van der Waals surface area contributed by atoms with E-state index in [0.717, 1.165) is 9.80 Å². The van der Waals surface area contributed by atoms with E-state index in [1.165, 1.54) is 0 Å². The number of carbonyl (C=O) groups is 2. The number of amides is 2. The first-order valence-corrected chi connectivity index (χ1v) is 13.9. The van der Waals surface area contributed by atoms with Gasteiger partial charge in [-0.05, 0) is 22.3 Å². The number of rotatable bonds is 10. The molecule has 222 valence electrons. The van der Waals surface area contributed by atoms with Crippen molar-refractivity contribution < 1.29 is 27.2 Å². The summed E-state index contributed by atoms with van der Waals surface area (Å²) in [6.45, 7) is -0.318. The van der Waals surface area contributed by atoms with Crippen LogP contribution in [0.3, 0.4) is 0 Å². The molecule has 0 atom stereocenters. The van der Waals surface area contributed by atoms with E-state index in [0.29, 0.717) is 22.3 Å². The van der Waals surface area contributed by atoms with E-state index < -0.39 is 46.2 Å². The SMILES string of the molecule is O=C(c1c(F)c(F)c(F)c(C(=O)N(Cc2ccccc2)Cc2ccccc2)c1F)N(Cc1ccccc1)Cc1ccccc1. The summed E-state index contributed by atoms with van der Waals surface area (Å²) in [6, 6.07) is 34.8. The molecule has 8 heteroatoms. The van der Waals surface area contributed by atoms with Gasteiger partial charge in [-0.15, -0.1) is 0 Å². The lowest BCUT2D eigenvalue weighted by Gasteiger charge is -2.26. The minimum absolute atomic E-state index is 0.0795. The van der Waals surface area contributed by atoms with Gasteiger partial charge in [0.2, 0.25) is 0 Å². The Balaban J connectivity index is 1.57. The highest BCUT2D eigenvalue weighted by atomic mass is 19.2. The van der Waals surface area contributed by atoms with Crippen molar-refractivity contribution in [1.29, 1.82) is 0 Å². The molecule has 0 heterocycles. The molecule has 0 aromatic heterocycles. The number of hydrogen-bond acceptors (Lipinski definition) is 2. The normalized spacial score (nSPS) is 10.8. The Morgan fingerprint density at radius 2 is 0.636 bits per heavy atom. The third-order valence-corrected chi connectivity index (χ3v) is 7.13. The number of halogens is 4. The first kappa shape index (κ1) is 30.2. The average molecular weight is 597 g/mol. The van der Waals surface area contributed by atoms with Gasteiger partial charge in [0.15, 0.2) is 23.3 Å². The maximum Gasteiger partial charge on any atom is 0.260 e. The summed E-state index contributed by atoms with van der Waals surface area (Å²) in [7, 11) is 0. The monoisotopic (exact) mass is 596 g/mol. The van der Waals surface area contributed by atoms with Crippen molar-refractivity contribution >= 4 is 11.8 Å². The quantitative estimate of drug-likeness (QED) is 0.0934. The third kappa shape index (κ3) is 6.86. The molecule has 0 saturated carbocycles. The Hall–Kier alpha value is -5.24. The fourth-order valence-corrected chi connectivity index (χ4v) is 4.94. The Kier molecular flexibility index (Phi) is 9.49. The molecule has 0 aliphatic rings. The molecule has 5 aromatic carbocycles. The van der Waals surface area contributed by atoms with Crippen molar-refractivity contribution in [1.82, 2.24) is 9.80 Å². The molecule has 0 N–H and O–H groups in total. The van der Waals surface area contributed by atoms with Crippen LogP contribution in [-0.2, 0) is 26.2 Å². The fourth-order valence-electron chi connectivity index (χ4n) is 4.94. The molecule has 0 saturated heterocycles. The molecule has 0 fully saturated rings. The van der Waals surface area contributed by atoms with Crippen molar-refractivity contribution in [2.75, 3.05) is 0 Å². The van der Waals surface area contributed by atoms with Crippen LogP contribution in [0.5, 0.6) is 0 Å². The van der Waals surface area contributed by atoms with Crippen molar-refractivity contribution in [3.63, 3.8) is 0 Å². The number of hydrogen-bond donors (Lipinski definition) is 0. The predicted octanol–water partition coefficient (Wildman–Crippen LogP) is 7.93. The Morgan fingerprint density at radius 1 is 0.386 bits per heavy atom. The minimum Gasteiger partial charge on any atom is -0.330 e. The summed E-state index contributed by atoms with van der Waals surface area (Å²) < 4.78 is 62.0. The number of benzene rings is 5. The molecule has 44 heavy (non-hydrogen) atoms. The van der Waals surface area contributed by atoms with E-state index in [9.17, 15) is 9.59 Å². The lowest BCUT2D eigenvalue weighted by Crippen LogP contribution is -2.35. The highest BCUT2D eigenvalue weighted by Gasteiger charge is 2.36. The van der Waals surface area contributed by atoms with Crippen LogP contribution in [0.25, 0.3) is 0 Å². The van der Waals surface area contributed by atoms with Crippen molar-refractivity contribution in [3.05, 3.63) is 178 Å². The molecule has 0 aliphatic heterocycles. The van der Waals surface area contributed by atoms with Crippen molar-refractivity contribution in [2.45, 2.75) is 26.2 Å². The van der Waals surface area contributed by atoms with Gasteiger partial charge < -0.3 is 9.80 Å². The largest absolute Gasteiger partial charge is 0.330 e. The Morgan fingerprint density at radius 3 is 0.886 bits per heavy atom. The molecule has 0 radical (unpaired) electrons. The fraction of sp³-hybridized carbons (Fsp3) is 0.111. The van der Waals surface area contributed by atoms with Crippen LogP contribution in [0.4, 0.5) is 17.6 Å². The first-order valence-electron chi connectivity index (χ1n) is 13.9. The Labute approximate surface area is 252 Å². The van der Waals surface area contributed by atoms with E-state index >= 15 is 17.6 Å². The molecule has 0 spiro atoms. The zero-order valence-corrected chi connectivity index (χ0v) is 23.6. The van der Waals surface area contributed by atoms with Crippen molar-refractivity contribution in [3.8, 4) is 0 Å². The molecular formula is C36H28F4N2O2. The lowest BCUT2D eigenvalue weighted by atomic mass is 10.0. The van der Waals surface area contributed by atoms with Gasteiger partial charge in [0.25, 0.3) is 11.8 Å². The molecule has 4 nitrogen and oxygen atoms in total. The maximum atomic E-state index is 16.2. The summed E-state index contributed by atoms with van der Waals surface area (Å²) in [5.74, 6) is -10.3. The lowest BCUT2D eigenvalue weighted by molar-refractivity contribution is 0.0707. The van der Waals surface area contributed by atoms with Gasteiger partial charge in [0.05, 0.1) is 0 Å². The molecular weight excluding hydrogens is 568 g/mol. The van der Waals surface area contributed by atoms with Gasteiger partial charge >= 0.3 is 0 Å². The van der Waals surface area contributed by atoms with Crippen LogP contribution in [0.15, 0.2) is 121 Å². The first-order chi connectivity index (χ1) is 21.3. The van der Waals surface area contributed by atoms with Gasteiger partial charge in [-0.1, -0.05) is 121 Å². The summed E-state index contributed by atoms with van der Waals surface area (Å²) in [4.78, 5) is 29.9. The van der Waals surface area contributed by atoms with Crippen LogP contribution >= 0.6 is 0 Å². The minimum atomic E-state index is -2.10. The second kappa shape index (κ2) is 13.8. The van der Waals surface area contributed by atoms with Crippen LogP contribution in [0.2, 0.25) is 0 Å². The molecule has 0 bridgehead atoms. The van der Waals surface area contributed by atoms with E-state index in [4.69, 9.17) is 0 Å². The zero-order valence-electron chi connectivity index (χ0n) is 23.6. The van der Waals surface area contributed by atoms with Gasteiger partial charge in [-0.3, -0.25) is 9.59 Å². The average Bonchev–Trinajstić information content (AvgIpc) is 3.05. The highest BCUT2D eigenvalue weighted by Crippen LogP contribution is 2.29. The van der Waals surface area contributed by atoms with Crippen LogP contribution in [-0.4, -0.2) is 21.6 Å². The molecule has 0 aliphatic carbocycles. The molecule has 0 unspecified atom stereocenters. The van der Waals surface area contributed by atoms with E-state index in [1.54, 1.807) is 121 Å². The Bertz CT molecular complexity index is 1530. The summed E-state index contributed by atoms with van der Waals surface area (Å²) >= 11 is 0. The van der Waals surface area contributed by atoms with E-state index in [1.807, 2.05) is 0 Å². The van der Waals surface area contributed by atoms with Gasteiger partial charge in [0, 0.05) is 26.2 Å².